The number of epoxide rings is 1. The van der Waals surface area contributed by atoms with Crippen LogP contribution in [0.1, 0.15) is 25.0 Å². The van der Waals surface area contributed by atoms with Gasteiger partial charge >= 0.3 is 0 Å². The van der Waals surface area contributed by atoms with Crippen LogP contribution in [0.4, 0.5) is 0 Å². The van der Waals surface area contributed by atoms with Gasteiger partial charge in [0.15, 0.2) is 0 Å². The van der Waals surface area contributed by atoms with Crippen molar-refractivity contribution in [3.8, 4) is 0 Å². The Hall–Kier alpha value is -0.760. The topological polar surface area (TPSA) is 17.5 Å². The third-order valence-electron chi connectivity index (χ3n) is 3.21. The first-order valence-corrected chi connectivity index (χ1v) is 4.62. The van der Waals surface area contributed by atoms with E-state index in [-0.39, 0.29) is 5.60 Å². The molecule has 1 aromatic rings. The average Bonchev–Trinajstić information content (AvgIpc) is 2.49. The lowest BCUT2D eigenvalue weighted by Gasteiger charge is -2.09. The van der Waals surface area contributed by atoms with Crippen LogP contribution >= 0.6 is 0 Å². The van der Waals surface area contributed by atoms with Crippen LogP contribution in [0.15, 0.2) is 18.3 Å². The van der Waals surface area contributed by atoms with Crippen LogP contribution in [0.5, 0.6) is 0 Å². The number of aromatic nitrogens is 1. The number of hydrogen-bond donors (Lipinski definition) is 0. The molecular formula is C10H13NO. The molecular weight excluding hydrogens is 150 g/mol. The lowest BCUT2D eigenvalue weighted by atomic mass is 10.0. The van der Waals surface area contributed by atoms with Crippen molar-refractivity contribution in [2.45, 2.75) is 31.0 Å². The van der Waals surface area contributed by atoms with Gasteiger partial charge in [-0.05, 0) is 31.4 Å². The van der Waals surface area contributed by atoms with Crippen LogP contribution in [0.3, 0.4) is 0 Å². The first-order chi connectivity index (χ1) is 5.83. The summed E-state index contributed by atoms with van der Waals surface area (Å²) >= 11 is 0. The maximum atomic E-state index is 5.74. The summed E-state index contributed by atoms with van der Waals surface area (Å²) < 4.78 is 7.93. The summed E-state index contributed by atoms with van der Waals surface area (Å²) in [6.45, 7) is 0. The monoisotopic (exact) mass is 163 g/mol. The Labute approximate surface area is 72.1 Å². The Balaban J connectivity index is 2.04. The molecule has 2 nitrogen and oxygen atoms in total. The number of aryl methyl sites for hydroxylation is 1. The summed E-state index contributed by atoms with van der Waals surface area (Å²) in [4.78, 5) is 0. The molecule has 2 heteroatoms. The quantitative estimate of drug-likeness (QED) is 0.577. The van der Waals surface area contributed by atoms with E-state index in [4.69, 9.17) is 4.74 Å². The highest BCUT2D eigenvalue weighted by atomic mass is 16.6. The van der Waals surface area contributed by atoms with Crippen molar-refractivity contribution in [2.24, 2.45) is 7.05 Å². The van der Waals surface area contributed by atoms with Gasteiger partial charge in [-0.2, -0.15) is 0 Å². The zero-order chi connectivity index (χ0) is 8.18. The molecule has 0 N–H and O–H groups in total. The van der Waals surface area contributed by atoms with E-state index >= 15 is 0 Å². The third kappa shape index (κ3) is 0.643. The van der Waals surface area contributed by atoms with Gasteiger partial charge in [0.1, 0.15) is 5.60 Å². The Bertz CT molecular complexity index is 317. The Morgan fingerprint density at radius 2 is 2.58 bits per heavy atom. The van der Waals surface area contributed by atoms with E-state index in [2.05, 4.69) is 29.9 Å². The average molecular weight is 163 g/mol. The second-order valence-corrected chi connectivity index (χ2v) is 3.89. The minimum Gasteiger partial charge on any atom is -0.359 e. The molecule has 0 bridgehead atoms. The zero-order valence-electron chi connectivity index (χ0n) is 7.29. The summed E-state index contributed by atoms with van der Waals surface area (Å²) in [5.41, 5.74) is 1.50. The maximum absolute atomic E-state index is 5.74. The van der Waals surface area contributed by atoms with Crippen molar-refractivity contribution in [1.82, 2.24) is 4.57 Å². The molecule has 2 heterocycles. The van der Waals surface area contributed by atoms with Crippen LogP contribution in [0, 0.1) is 0 Å². The smallest absolute Gasteiger partial charge is 0.134 e. The predicted molar refractivity (Wildman–Crippen MR) is 45.8 cm³/mol. The molecule has 3 rings (SSSR count). The maximum Gasteiger partial charge on any atom is 0.134 e. The van der Waals surface area contributed by atoms with Crippen molar-refractivity contribution in [3.05, 3.63) is 24.0 Å². The molecule has 2 aliphatic rings. The molecule has 1 saturated heterocycles. The number of hydrogen-bond acceptors (Lipinski definition) is 1. The van der Waals surface area contributed by atoms with E-state index < -0.39 is 0 Å². The van der Waals surface area contributed by atoms with Crippen molar-refractivity contribution >= 4 is 0 Å². The standard InChI is InChI=1S/C10H13NO/c1-11-7-3-4-8(11)10-6-2-5-9(10)12-10/h3-4,7,9H,2,5-6H2,1H3. The van der Waals surface area contributed by atoms with E-state index in [1.54, 1.807) is 0 Å². The number of fused-ring (bicyclic) bond motifs is 1. The van der Waals surface area contributed by atoms with Crippen LogP contribution in [-0.4, -0.2) is 10.7 Å². The molecule has 1 aromatic heterocycles. The fourth-order valence-electron chi connectivity index (χ4n) is 2.54. The molecule has 2 atom stereocenters. The zero-order valence-corrected chi connectivity index (χ0v) is 7.29. The van der Waals surface area contributed by atoms with E-state index in [9.17, 15) is 0 Å². The molecule has 12 heavy (non-hydrogen) atoms. The molecule has 0 radical (unpaired) electrons. The fraction of sp³-hybridized carbons (Fsp3) is 0.600. The van der Waals surface area contributed by atoms with Gasteiger partial charge in [-0.1, -0.05) is 0 Å². The van der Waals surface area contributed by atoms with Gasteiger partial charge in [0, 0.05) is 13.2 Å². The lowest BCUT2D eigenvalue weighted by Crippen LogP contribution is -2.11. The molecule has 0 spiro atoms. The molecule has 64 valence electrons. The largest absolute Gasteiger partial charge is 0.359 e. The minimum absolute atomic E-state index is 0.137. The third-order valence-corrected chi connectivity index (χ3v) is 3.21. The molecule has 1 aliphatic carbocycles. The van der Waals surface area contributed by atoms with Gasteiger partial charge in [0.2, 0.25) is 0 Å². The first kappa shape index (κ1) is 6.72. The van der Waals surface area contributed by atoms with E-state index in [1.165, 1.54) is 25.0 Å². The lowest BCUT2D eigenvalue weighted by molar-refractivity contribution is 0.246. The van der Waals surface area contributed by atoms with Gasteiger partial charge < -0.3 is 9.30 Å². The van der Waals surface area contributed by atoms with Crippen molar-refractivity contribution < 1.29 is 4.74 Å². The van der Waals surface area contributed by atoms with Crippen LogP contribution in [0.25, 0.3) is 0 Å². The Morgan fingerprint density at radius 1 is 1.67 bits per heavy atom. The van der Waals surface area contributed by atoms with Gasteiger partial charge in [-0.15, -0.1) is 0 Å². The summed E-state index contributed by atoms with van der Waals surface area (Å²) in [5.74, 6) is 0. The van der Waals surface area contributed by atoms with Gasteiger partial charge in [0.25, 0.3) is 0 Å². The number of nitrogens with zero attached hydrogens (tertiary/aromatic N) is 1. The Kier molecular flexibility index (Phi) is 1.09. The molecule has 1 aliphatic heterocycles. The van der Waals surface area contributed by atoms with Crippen LogP contribution in [-0.2, 0) is 17.4 Å². The fourth-order valence-corrected chi connectivity index (χ4v) is 2.54. The minimum atomic E-state index is 0.137. The number of rotatable bonds is 1. The normalized spacial score (nSPS) is 38.2. The summed E-state index contributed by atoms with van der Waals surface area (Å²) in [6, 6.07) is 4.28. The first-order valence-electron chi connectivity index (χ1n) is 4.62. The van der Waals surface area contributed by atoms with Gasteiger partial charge in [-0.3, -0.25) is 0 Å². The summed E-state index contributed by atoms with van der Waals surface area (Å²) in [7, 11) is 2.10. The van der Waals surface area contributed by atoms with Crippen molar-refractivity contribution in [1.29, 1.82) is 0 Å². The predicted octanol–water partition coefficient (Wildman–Crippen LogP) is 1.80. The molecule has 2 unspecified atom stereocenters. The van der Waals surface area contributed by atoms with Crippen molar-refractivity contribution in [3.63, 3.8) is 0 Å². The van der Waals surface area contributed by atoms with Gasteiger partial charge in [0.05, 0.1) is 11.8 Å². The van der Waals surface area contributed by atoms with Gasteiger partial charge in [-0.25, -0.2) is 0 Å². The molecule has 0 amide bonds. The second kappa shape index (κ2) is 1.94. The number of ether oxygens (including phenoxy) is 1. The molecule has 2 fully saturated rings. The Morgan fingerprint density at radius 3 is 3.08 bits per heavy atom. The molecule has 0 aromatic carbocycles. The van der Waals surface area contributed by atoms with E-state index in [1.807, 2.05) is 0 Å². The highest BCUT2D eigenvalue weighted by molar-refractivity contribution is 5.26. The van der Waals surface area contributed by atoms with Crippen LogP contribution in [0.2, 0.25) is 0 Å². The summed E-state index contributed by atoms with van der Waals surface area (Å²) in [6.07, 6.45) is 6.43. The van der Waals surface area contributed by atoms with E-state index in [0.29, 0.717) is 6.10 Å². The second-order valence-electron chi connectivity index (χ2n) is 3.89. The van der Waals surface area contributed by atoms with Crippen molar-refractivity contribution in [2.75, 3.05) is 0 Å². The summed E-state index contributed by atoms with van der Waals surface area (Å²) in [5, 5.41) is 0. The van der Waals surface area contributed by atoms with E-state index in [0.717, 1.165) is 0 Å². The van der Waals surface area contributed by atoms with Crippen LogP contribution < -0.4 is 0 Å². The highest BCUT2D eigenvalue weighted by Crippen LogP contribution is 2.56. The molecule has 1 saturated carbocycles. The highest BCUT2D eigenvalue weighted by Gasteiger charge is 2.61. The SMILES string of the molecule is Cn1cccc1C12CCCC1O2.